The van der Waals surface area contributed by atoms with E-state index in [1.165, 1.54) is 18.2 Å². The number of nitrogens with one attached hydrogen (secondary N) is 1. The molecule has 1 atom stereocenters. The van der Waals surface area contributed by atoms with Crippen molar-refractivity contribution in [1.29, 1.82) is 0 Å². The van der Waals surface area contributed by atoms with Gasteiger partial charge in [-0.25, -0.2) is 13.1 Å². The van der Waals surface area contributed by atoms with Crippen molar-refractivity contribution >= 4 is 49.2 Å². The number of sulfonamides is 1. The third-order valence-corrected chi connectivity index (χ3v) is 5.50. The number of benzene rings is 1. The summed E-state index contributed by atoms with van der Waals surface area (Å²) in [5.41, 5.74) is 0. The number of alkyl halides is 1. The summed E-state index contributed by atoms with van der Waals surface area (Å²) in [4.78, 5) is 0.122. The Morgan fingerprint density at radius 3 is 2.37 bits per heavy atom. The standard InChI is InChI=1S/C12H16BrCl2NO2S/c1-8(2)5-9(7-13)16-19(17,18)10-3-4-11(14)12(15)6-10/h3-4,6,8-9,16H,5,7H2,1-2H3. The first-order valence-electron chi connectivity index (χ1n) is 5.79. The van der Waals surface area contributed by atoms with Gasteiger partial charge in [-0.2, -0.15) is 0 Å². The molecule has 0 aliphatic rings. The Morgan fingerprint density at radius 2 is 1.89 bits per heavy atom. The number of hydrogen-bond donors (Lipinski definition) is 1. The molecule has 19 heavy (non-hydrogen) atoms. The Morgan fingerprint density at radius 1 is 1.26 bits per heavy atom. The van der Waals surface area contributed by atoms with E-state index >= 15 is 0 Å². The van der Waals surface area contributed by atoms with Crippen LogP contribution in [-0.4, -0.2) is 19.8 Å². The van der Waals surface area contributed by atoms with Crippen molar-refractivity contribution in [2.75, 3.05) is 5.33 Å². The third-order valence-electron chi connectivity index (χ3n) is 2.47. The van der Waals surface area contributed by atoms with Gasteiger partial charge >= 0.3 is 0 Å². The Hall–Kier alpha value is 0.190. The first-order chi connectivity index (χ1) is 8.76. The third kappa shape index (κ3) is 5.23. The SMILES string of the molecule is CC(C)CC(CBr)NS(=O)(=O)c1ccc(Cl)c(Cl)c1. The van der Waals surface area contributed by atoms with E-state index in [4.69, 9.17) is 23.2 Å². The highest BCUT2D eigenvalue weighted by Crippen LogP contribution is 2.25. The van der Waals surface area contributed by atoms with Crippen LogP contribution < -0.4 is 4.72 Å². The first-order valence-corrected chi connectivity index (χ1v) is 9.15. The Labute approximate surface area is 132 Å². The number of hydrogen-bond acceptors (Lipinski definition) is 2. The highest BCUT2D eigenvalue weighted by molar-refractivity contribution is 9.09. The lowest BCUT2D eigenvalue weighted by Gasteiger charge is -2.18. The van der Waals surface area contributed by atoms with Crippen LogP contribution in [0.15, 0.2) is 23.1 Å². The second-order valence-electron chi connectivity index (χ2n) is 4.68. The van der Waals surface area contributed by atoms with Crippen molar-refractivity contribution in [2.45, 2.75) is 31.2 Å². The molecule has 0 amide bonds. The second kappa shape index (κ2) is 7.27. The van der Waals surface area contributed by atoms with E-state index in [2.05, 4.69) is 20.7 Å². The topological polar surface area (TPSA) is 46.2 Å². The quantitative estimate of drug-likeness (QED) is 0.746. The molecule has 0 bridgehead atoms. The highest BCUT2D eigenvalue weighted by atomic mass is 79.9. The van der Waals surface area contributed by atoms with Crippen molar-refractivity contribution in [2.24, 2.45) is 5.92 Å². The molecule has 7 heteroatoms. The van der Waals surface area contributed by atoms with Crippen LogP contribution >= 0.6 is 39.1 Å². The van der Waals surface area contributed by atoms with Gasteiger partial charge in [0.2, 0.25) is 10.0 Å². The van der Waals surface area contributed by atoms with Gasteiger partial charge in [0.25, 0.3) is 0 Å². The summed E-state index contributed by atoms with van der Waals surface area (Å²) in [6.45, 7) is 4.09. The molecule has 3 nitrogen and oxygen atoms in total. The Kier molecular flexibility index (Phi) is 6.60. The minimum Gasteiger partial charge on any atom is -0.207 e. The van der Waals surface area contributed by atoms with Crippen LogP contribution in [0.3, 0.4) is 0 Å². The first kappa shape index (κ1) is 17.2. The molecule has 1 rings (SSSR count). The summed E-state index contributed by atoms with van der Waals surface area (Å²) < 4.78 is 27.1. The largest absolute Gasteiger partial charge is 0.240 e. The minimum absolute atomic E-state index is 0.122. The normalized spacial score (nSPS) is 13.8. The van der Waals surface area contributed by atoms with Crippen molar-refractivity contribution < 1.29 is 8.42 Å². The summed E-state index contributed by atoms with van der Waals surface area (Å²) in [6.07, 6.45) is 0.756. The molecule has 0 aromatic heterocycles. The molecule has 0 aliphatic heterocycles. The lowest BCUT2D eigenvalue weighted by atomic mass is 10.1. The van der Waals surface area contributed by atoms with E-state index in [1.807, 2.05) is 13.8 Å². The van der Waals surface area contributed by atoms with E-state index < -0.39 is 10.0 Å². The predicted octanol–water partition coefficient (Wildman–Crippen LogP) is 4.08. The predicted molar refractivity (Wildman–Crippen MR) is 83.8 cm³/mol. The molecule has 0 radical (unpaired) electrons. The average Bonchev–Trinajstić information content (AvgIpc) is 2.30. The lowest BCUT2D eigenvalue weighted by Crippen LogP contribution is -2.37. The molecule has 0 aliphatic carbocycles. The molecule has 1 aromatic carbocycles. The van der Waals surface area contributed by atoms with Gasteiger partial charge in [0.05, 0.1) is 14.9 Å². The molecule has 0 saturated heterocycles. The Bertz CT molecular complexity index is 535. The second-order valence-corrected chi connectivity index (χ2v) is 7.85. The fourth-order valence-corrected chi connectivity index (χ4v) is 3.92. The van der Waals surface area contributed by atoms with E-state index in [0.29, 0.717) is 16.3 Å². The van der Waals surface area contributed by atoms with Crippen LogP contribution in [0, 0.1) is 5.92 Å². The zero-order valence-corrected chi connectivity index (χ0v) is 14.6. The van der Waals surface area contributed by atoms with Crippen molar-refractivity contribution in [1.82, 2.24) is 4.72 Å². The van der Waals surface area contributed by atoms with Crippen molar-refractivity contribution in [3.63, 3.8) is 0 Å². The van der Waals surface area contributed by atoms with E-state index in [0.717, 1.165) is 6.42 Å². The fraction of sp³-hybridized carbons (Fsp3) is 0.500. The fourth-order valence-electron chi connectivity index (χ4n) is 1.64. The van der Waals surface area contributed by atoms with Crippen LogP contribution in [-0.2, 0) is 10.0 Å². The zero-order valence-electron chi connectivity index (χ0n) is 10.7. The van der Waals surface area contributed by atoms with Gasteiger partial charge in [0, 0.05) is 11.4 Å². The maximum Gasteiger partial charge on any atom is 0.240 e. The van der Waals surface area contributed by atoms with E-state index in [9.17, 15) is 8.42 Å². The summed E-state index contributed by atoms with van der Waals surface area (Å²) >= 11 is 14.9. The summed E-state index contributed by atoms with van der Waals surface area (Å²) in [5.74, 6) is 0.402. The molecule has 1 unspecified atom stereocenters. The van der Waals surface area contributed by atoms with Gasteiger partial charge in [-0.3, -0.25) is 0 Å². The van der Waals surface area contributed by atoms with Crippen molar-refractivity contribution in [3.05, 3.63) is 28.2 Å². The van der Waals surface area contributed by atoms with Gasteiger partial charge in [-0.05, 0) is 30.5 Å². The summed E-state index contributed by atoms with van der Waals surface area (Å²) in [7, 11) is -3.58. The minimum atomic E-state index is -3.58. The summed E-state index contributed by atoms with van der Waals surface area (Å²) in [5, 5.41) is 1.12. The smallest absolute Gasteiger partial charge is 0.207 e. The highest BCUT2D eigenvalue weighted by Gasteiger charge is 2.20. The molecule has 108 valence electrons. The van der Waals surface area contributed by atoms with Gasteiger partial charge in [0.15, 0.2) is 0 Å². The average molecular weight is 389 g/mol. The monoisotopic (exact) mass is 387 g/mol. The lowest BCUT2D eigenvalue weighted by molar-refractivity contribution is 0.488. The van der Waals surface area contributed by atoms with Crippen LogP contribution in [0.2, 0.25) is 10.0 Å². The zero-order chi connectivity index (χ0) is 14.6. The van der Waals surface area contributed by atoms with E-state index in [1.54, 1.807) is 0 Å². The number of halogens is 3. The summed E-state index contributed by atoms with van der Waals surface area (Å²) in [6, 6.07) is 4.12. The van der Waals surface area contributed by atoms with Gasteiger partial charge in [0.1, 0.15) is 0 Å². The molecule has 0 spiro atoms. The maximum absolute atomic E-state index is 12.2. The Balaban J connectivity index is 2.93. The molecular formula is C12H16BrCl2NO2S. The molecule has 1 aromatic rings. The molecule has 0 heterocycles. The number of rotatable bonds is 6. The van der Waals surface area contributed by atoms with E-state index in [-0.39, 0.29) is 16.0 Å². The molecule has 1 N–H and O–H groups in total. The van der Waals surface area contributed by atoms with Crippen LogP contribution in [0.1, 0.15) is 20.3 Å². The van der Waals surface area contributed by atoms with Crippen LogP contribution in [0.5, 0.6) is 0 Å². The molecular weight excluding hydrogens is 373 g/mol. The molecule has 0 saturated carbocycles. The maximum atomic E-state index is 12.2. The van der Waals surface area contributed by atoms with Crippen molar-refractivity contribution in [3.8, 4) is 0 Å². The van der Waals surface area contributed by atoms with Gasteiger partial charge < -0.3 is 0 Å². The van der Waals surface area contributed by atoms with Crippen LogP contribution in [0.25, 0.3) is 0 Å². The molecule has 0 fully saturated rings. The van der Waals surface area contributed by atoms with Crippen LogP contribution in [0.4, 0.5) is 0 Å². The van der Waals surface area contributed by atoms with Gasteiger partial charge in [-0.15, -0.1) is 0 Å². The van der Waals surface area contributed by atoms with Gasteiger partial charge in [-0.1, -0.05) is 53.0 Å².